The molecule has 2 N–H and O–H groups in total. The molecule has 2 aliphatic rings. The van der Waals surface area contributed by atoms with Crippen LogP contribution in [0.3, 0.4) is 0 Å². The fourth-order valence-electron chi connectivity index (χ4n) is 6.71. The molecule has 0 unspecified atom stereocenters. The Morgan fingerprint density at radius 3 is 2.13 bits per heavy atom. The predicted molar refractivity (Wildman–Crippen MR) is 180 cm³/mol. The molecule has 3 aromatic carbocycles. The number of carboxylic acid groups (broad SMARTS) is 1. The van der Waals surface area contributed by atoms with Gasteiger partial charge in [-0.05, 0) is 102 Å². The Morgan fingerprint density at radius 2 is 1.48 bits per heavy atom. The Hall–Kier alpha value is -4.39. The fourth-order valence-corrected chi connectivity index (χ4v) is 6.71. The van der Waals surface area contributed by atoms with Gasteiger partial charge in [-0.1, -0.05) is 76.8 Å². The summed E-state index contributed by atoms with van der Waals surface area (Å²) in [5, 5.41) is 14.6. The number of benzene rings is 3. The Labute approximate surface area is 271 Å². The Balaban J connectivity index is 1.24. The largest absolute Gasteiger partial charge is 0.490 e. The van der Waals surface area contributed by atoms with Gasteiger partial charge in [0.2, 0.25) is 0 Å². The molecule has 7 heteroatoms. The van der Waals surface area contributed by atoms with Crippen molar-refractivity contribution in [2.45, 2.75) is 96.1 Å². The number of carbonyl (C=O) groups is 2. The van der Waals surface area contributed by atoms with E-state index in [-0.39, 0.29) is 17.2 Å². The molecule has 0 radical (unpaired) electrons. The number of rotatable bonds is 10. The number of aromatic nitrogens is 1. The lowest BCUT2D eigenvalue weighted by molar-refractivity contribution is -0.139. The first kappa shape index (κ1) is 31.6. The molecule has 1 atom stereocenters. The van der Waals surface area contributed by atoms with Gasteiger partial charge in [0, 0.05) is 11.1 Å². The highest BCUT2D eigenvalue weighted by molar-refractivity contribution is 5.99. The van der Waals surface area contributed by atoms with E-state index in [9.17, 15) is 14.7 Å². The van der Waals surface area contributed by atoms with Crippen molar-refractivity contribution in [1.29, 1.82) is 0 Å². The molecular weight excluding hydrogens is 576 g/mol. The maximum atomic E-state index is 13.6. The topological polar surface area (TPSA) is 97.8 Å². The standard InChI is InChI=1S/C39H44N2O5/c1-39(2,3)28-15-20-31(21-16-28)46-32-19-14-27-23-35(40-34(33(27)24-32)22-25-8-4-5-9-25)37(42)41-36(38(43)44)26-12-17-30(18-13-26)45-29-10-6-7-11-29/h12-21,23-25,29,36H,4-11,22H2,1-3H3,(H,41,42)(H,43,44)/t36-/m0/s1. The molecule has 0 spiro atoms. The maximum Gasteiger partial charge on any atom is 0.330 e. The number of carbonyl (C=O) groups excluding carboxylic acids is 1. The molecule has 6 rings (SSSR count). The number of fused-ring (bicyclic) bond motifs is 1. The van der Waals surface area contributed by atoms with Crippen molar-refractivity contribution >= 4 is 22.6 Å². The van der Waals surface area contributed by atoms with Crippen LogP contribution in [-0.2, 0) is 16.6 Å². The van der Waals surface area contributed by atoms with Crippen LogP contribution in [0.5, 0.6) is 17.2 Å². The van der Waals surface area contributed by atoms with Crippen molar-refractivity contribution in [1.82, 2.24) is 10.3 Å². The first-order valence-electron chi connectivity index (χ1n) is 16.6. The molecule has 1 amide bonds. The summed E-state index contributed by atoms with van der Waals surface area (Å²) in [7, 11) is 0. The van der Waals surface area contributed by atoms with E-state index in [0.717, 1.165) is 54.3 Å². The summed E-state index contributed by atoms with van der Waals surface area (Å²) in [6.07, 6.45) is 10.1. The van der Waals surface area contributed by atoms with Gasteiger partial charge in [0.05, 0.1) is 6.10 Å². The average molecular weight is 621 g/mol. The third-order valence-electron chi connectivity index (χ3n) is 9.37. The number of pyridine rings is 1. The van der Waals surface area contributed by atoms with Crippen LogP contribution in [0.4, 0.5) is 0 Å². The summed E-state index contributed by atoms with van der Waals surface area (Å²) in [5.74, 6) is 1.01. The monoisotopic (exact) mass is 620 g/mol. The second-order valence-electron chi connectivity index (χ2n) is 13.9. The summed E-state index contributed by atoms with van der Waals surface area (Å²) in [5.41, 5.74) is 2.82. The first-order valence-corrected chi connectivity index (χ1v) is 16.6. The fraction of sp³-hybridized carbons (Fsp3) is 0.410. The van der Waals surface area contributed by atoms with E-state index in [1.54, 1.807) is 30.3 Å². The van der Waals surface area contributed by atoms with Crippen LogP contribution >= 0.6 is 0 Å². The predicted octanol–water partition coefficient (Wildman–Crippen LogP) is 8.93. The number of ether oxygens (including phenoxy) is 2. The zero-order valence-electron chi connectivity index (χ0n) is 27.1. The second-order valence-corrected chi connectivity index (χ2v) is 13.9. The summed E-state index contributed by atoms with van der Waals surface area (Å²) < 4.78 is 12.3. The molecule has 4 aromatic rings. The molecule has 0 saturated heterocycles. The highest BCUT2D eigenvalue weighted by Gasteiger charge is 2.26. The molecule has 2 saturated carbocycles. The van der Waals surface area contributed by atoms with E-state index < -0.39 is 17.9 Å². The zero-order chi connectivity index (χ0) is 32.3. The van der Waals surface area contributed by atoms with Crippen molar-refractivity contribution in [3.05, 3.63) is 95.3 Å². The van der Waals surface area contributed by atoms with E-state index in [4.69, 9.17) is 14.5 Å². The maximum absolute atomic E-state index is 13.6. The van der Waals surface area contributed by atoms with Gasteiger partial charge in [0.15, 0.2) is 6.04 Å². The highest BCUT2D eigenvalue weighted by Crippen LogP contribution is 2.34. The van der Waals surface area contributed by atoms with Gasteiger partial charge < -0.3 is 19.9 Å². The molecular formula is C39H44N2O5. The number of hydrogen-bond acceptors (Lipinski definition) is 5. The summed E-state index contributed by atoms with van der Waals surface area (Å²) in [6.45, 7) is 6.56. The number of nitrogens with one attached hydrogen (secondary N) is 1. The average Bonchev–Trinajstić information content (AvgIpc) is 3.75. The lowest BCUT2D eigenvalue weighted by Gasteiger charge is -2.19. The number of nitrogens with zero attached hydrogens (tertiary/aromatic N) is 1. The smallest absolute Gasteiger partial charge is 0.330 e. The molecule has 0 aliphatic heterocycles. The first-order chi connectivity index (χ1) is 22.1. The van der Waals surface area contributed by atoms with Gasteiger partial charge in [-0.15, -0.1) is 0 Å². The minimum absolute atomic E-state index is 0.0605. The van der Waals surface area contributed by atoms with Crippen molar-refractivity contribution in [2.24, 2.45) is 5.92 Å². The van der Waals surface area contributed by atoms with E-state index in [2.05, 4.69) is 38.2 Å². The van der Waals surface area contributed by atoms with E-state index in [1.807, 2.05) is 30.3 Å². The van der Waals surface area contributed by atoms with Gasteiger partial charge in [-0.2, -0.15) is 0 Å². The van der Waals surface area contributed by atoms with Crippen LogP contribution in [0.25, 0.3) is 10.8 Å². The van der Waals surface area contributed by atoms with Crippen molar-refractivity contribution in [2.75, 3.05) is 0 Å². The molecule has 240 valence electrons. The van der Waals surface area contributed by atoms with Gasteiger partial charge in [-0.25, -0.2) is 9.78 Å². The summed E-state index contributed by atoms with van der Waals surface area (Å²) in [4.78, 5) is 30.7. The van der Waals surface area contributed by atoms with Gasteiger partial charge in [0.1, 0.15) is 22.9 Å². The quantitative estimate of drug-likeness (QED) is 0.184. The van der Waals surface area contributed by atoms with Crippen LogP contribution in [0.15, 0.2) is 72.8 Å². The third-order valence-corrected chi connectivity index (χ3v) is 9.37. The van der Waals surface area contributed by atoms with E-state index in [1.165, 1.54) is 31.2 Å². The molecule has 7 nitrogen and oxygen atoms in total. The Kier molecular flexibility index (Phi) is 9.29. The van der Waals surface area contributed by atoms with Crippen LogP contribution in [0, 0.1) is 5.92 Å². The Morgan fingerprint density at radius 1 is 0.848 bits per heavy atom. The van der Waals surface area contributed by atoms with Crippen LogP contribution in [0.1, 0.15) is 105 Å². The van der Waals surface area contributed by atoms with Crippen LogP contribution in [0.2, 0.25) is 0 Å². The molecule has 1 heterocycles. The van der Waals surface area contributed by atoms with Crippen LogP contribution in [-0.4, -0.2) is 28.1 Å². The molecule has 1 aromatic heterocycles. The van der Waals surface area contributed by atoms with Gasteiger partial charge in [0.25, 0.3) is 5.91 Å². The minimum atomic E-state index is -1.22. The molecule has 2 fully saturated rings. The van der Waals surface area contributed by atoms with Gasteiger partial charge in [-0.3, -0.25) is 4.79 Å². The number of aliphatic carboxylic acids is 1. The Bertz CT molecular complexity index is 1680. The lowest BCUT2D eigenvalue weighted by Crippen LogP contribution is -2.34. The lowest BCUT2D eigenvalue weighted by atomic mass is 9.87. The zero-order valence-corrected chi connectivity index (χ0v) is 27.1. The second kappa shape index (κ2) is 13.5. The van der Waals surface area contributed by atoms with Gasteiger partial charge >= 0.3 is 5.97 Å². The van der Waals surface area contributed by atoms with E-state index >= 15 is 0 Å². The number of hydrogen-bond donors (Lipinski definition) is 2. The van der Waals surface area contributed by atoms with E-state index in [0.29, 0.717) is 23.0 Å². The van der Waals surface area contributed by atoms with Crippen LogP contribution < -0.4 is 14.8 Å². The molecule has 0 bridgehead atoms. The number of amides is 1. The highest BCUT2D eigenvalue weighted by atomic mass is 16.5. The molecule has 46 heavy (non-hydrogen) atoms. The summed E-state index contributed by atoms with van der Waals surface area (Å²) >= 11 is 0. The summed E-state index contributed by atoms with van der Waals surface area (Å²) in [6, 6.07) is 21.5. The SMILES string of the molecule is CC(C)(C)c1ccc(Oc2ccc3cc(C(=O)N[C@H](C(=O)O)c4ccc(OC5CCCC5)cc4)nc(CC4CCCC4)c3c2)cc1. The number of carboxylic acids is 1. The van der Waals surface area contributed by atoms with Crippen molar-refractivity contribution in [3.63, 3.8) is 0 Å². The molecule has 2 aliphatic carbocycles. The van der Waals surface area contributed by atoms with Crippen molar-refractivity contribution in [3.8, 4) is 17.2 Å². The normalized spacial score (nSPS) is 16.4. The third kappa shape index (κ3) is 7.52. The van der Waals surface area contributed by atoms with Crippen molar-refractivity contribution < 1.29 is 24.2 Å². The minimum Gasteiger partial charge on any atom is -0.490 e.